The second kappa shape index (κ2) is 4.54. The van der Waals surface area contributed by atoms with Crippen molar-refractivity contribution in [3.8, 4) is 0 Å². The minimum Gasteiger partial charge on any atom is -0.428 e. The number of aliphatic hydroxyl groups excluding tert-OH is 2. The van der Waals surface area contributed by atoms with Gasteiger partial charge in [0.25, 0.3) is 0 Å². The minimum atomic E-state index is -1.31. The van der Waals surface area contributed by atoms with Gasteiger partial charge in [-0.2, -0.15) is 0 Å². The zero-order valence-corrected chi connectivity index (χ0v) is 13.0. The van der Waals surface area contributed by atoms with Gasteiger partial charge in [-0.1, -0.05) is 13.8 Å². The number of carbonyl (C=O) groups excluding carboxylic acids is 1. The van der Waals surface area contributed by atoms with Crippen molar-refractivity contribution in [2.45, 2.75) is 58.0 Å². The molecule has 0 spiro atoms. The number of hydrogen-bond donors (Lipinski definition) is 2. The van der Waals surface area contributed by atoms with E-state index in [1.165, 1.54) is 0 Å². The van der Waals surface area contributed by atoms with Gasteiger partial charge >= 0.3 is 5.97 Å². The van der Waals surface area contributed by atoms with Crippen LogP contribution < -0.4 is 0 Å². The number of cyclic esters (lactones) is 1. The highest BCUT2D eigenvalue weighted by Crippen LogP contribution is 2.56. The highest BCUT2D eigenvalue weighted by Gasteiger charge is 2.56. The summed E-state index contributed by atoms with van der Waals surface area (Å²) in [4.78, 5) is 12.0. The summed E-state index contributed by atoms with van der Waals surface area (Å²) < 4.78 is 10.7. The van der Waals surface area contributed by atoms with Crippen molar-refractivity contribution in [1.29, 1.82) is 0 Å². The normalized spacial score (nSPS) is 45.1. The third-order valence-corrected chi connectivity index (χ3v) is 5.66. The second-order valence-corrected chi connectivity index (χ2v) is 7.67. The monoisotopic (exact) mass is 296 g/mol. The van der Waals surface area contributed by atoms with Crippen LogP contribution in [-0.2, 0) is 14.3 Å². The number of ether oxygens (including phenoxy) is 2. The fourth-order valence-corrected chi connectivity index (χ4v) is 4.55. The number of methoxy groups -OCH3 is 1. The molecule has 5 heteroatoms. The highest BCUT2D eigenvalue weighted by molar-refractivity contribution is 5.92. The van der Waals surface area contributed by atoms with Crippen molar-refractivity contribution in [3.05, 3.63) is 11.1 Å². The summed E-state index contributed by atoms with van der Waals surface area (Å²) in [5.74, 6) is -0.404. The van der Waals surface area contributed by atoms with Crippen molar-refractivity contribution in [1.82, 2.24) is 0 Å². The van der Waals surface area contributed by atoms with Crippen molar-refractivity contribution in [3.63, 3.8) is 0 Å². The van der Waals surface area contributed by atoms with E-state index in [-0.39, 0.29) is 17.3 Å². The Hall–Kier alpha value is -0.910. The molecule has 1 heterocycles. The smallest absolute Gasteiger partial charge is 0.336 e. The summed E-state index contributed by atoms with van der Waals surface area (Å²) in [7, 11) is 1.65. The Morgan fingerprint density at radius 3 is 2.52 bits per heavy atom. The Labute approximate surface area is 124 Å². The molecule has 3 aliphatic rings. The molecule has 5 unspecified atom stereocenters. The Morgan fingerprint density at radius 1 is 1.24 bits per heavy atom. The quantitative estimate of drug-likeness (QED) is 0.715. The molecule has 5 nitrogen and oxygen atoms in total. The summed E-state index contributed by atoms with van der Waals surface area (Å²) in [6.07, 6.45) is -0.000205. The average Bonchev–Trinajstić information content (AvgIpc) is 2.83. The lowest BCUT2D eigenvalue weighted by molar-refractivity contribution is -0.155. The zero-order chi connectivity index (χ0) is 15.6. The molecule has 0 saturated heterocycles. The first-order valence-corrected chi connectivity index (χ1v) is 7.54. The van der Waals surface area contributed by atoms with Gasteiger partial charge in [0, 0.05) is 24.7 Å². The van der Waals surface area contributed by atoms with E-state index in [4.69, 9.17) is 9.47 Å². The van der Waals surface area contributed by atoms with Crippen molar-refractivity contribution >= 4 is 5.97 Å². The third-order valence-electron chi connectivity index (χ3n) is 5.66. The Kier molecular flexibility index (Phi) is 3.24. The summed E-state index contributed by atoms with van der Waals surface area (Å²) >= 11 is 0. The van der Waals surface area contributed by atoms with Crippen LogP contribution in [0.15, 0.2) is 11.1 Å². The minimum absolute atomic E-state index is 0.0263. The number of carbonyl (C=O) groups is 1. The first-order chi connectivity index (χ1) is 9.68. The summed E-state index contributed by atoms with van der Waals surface area (Å²) in [6.45, 7) is 6.37. The first-order valence-electron chi connectivity index (χ1n) is 7.54. The summed E-state index contributed by atoms with van der Waals surface area (Å²) in [5, 5.41) is 20.8. The molecule has 1 aliphatic heterocycles. The maximum absolute atomic E-state index is 12.0. The van der Waals surface area contributed by atoms with Gasteiger partial charge in [0.15, 0.2) is 0 Å². The van der Waals surface area contributed by atoms with E-state index in [9.17, 15) is 15.0 Å². The molecule has 2 aliphatic carbocycles. The van der Waals surface area contributed by atoms with E-state index in [1.54, 1.807) is 7.11 Å². The maximum atomic E-state index is 12.0. The van der Waals surface area contributed by atoms with Gasteiger partial charge in [0.05, 0.1) is 11.7 Å². The molecule has 1 saturated carbocycles. The average molecular weight is 296 g/mol. The second-order valence-electron chi connectivity index (χ2n) is 7.67. The molecular weight excluding hydrogens is 272 g/mol. The van der Waals surface area contributed by atoms with Crippen molar-refractivity contribution in [2.24, 2.45) is 17.3 Å². The number of esters is 1. The Balaban J connectivity index is 2.09. The summed E-state index contributed by atoms with van der Waals surface area (Å²) in [6, 6.07) is 0. The molecule has 0 amide bonds. The van der Waals surface area contributed by atoms with E-state index in [0.717, 1.165) is 12.8 Å². The van der Waals surface area contributed by atoms with Crippen molar-refractivity contribution in [2.75, 3.05) is 7.11 Å². The topological polar surface area (TPSA) is 76.0 Å². The van der Waals surface area contributed by atoms with Gasteiger partial charge in [-0.3, -0.25) is 0 Å². The van der Waals surface area contributed by atoms with Gasteiger partial charge in [-0.15, -0.1) is 0 Å². The standard InChI is InChI=1S/C16H24O5/c1-15(2)5-8-10(7-15)16(3,20-4)6-9-11(12(8)17)14(19)21-13(9)18/h8,10,12,14,17,19H,5-7H2,1-4H3. The van der Waals surface area contributed by atoms with Gasteiger partial charge < -0.3 is 19.7 Å². The van der Waals surface area contributed by atoms with Crippen LogP contribution in [0, 0.1) is 17.3 Å². The Bertz CT molecular complexity index is 509. The molecular formula is C16H24O5. The van der Waals surface area contributed by atoms with Crippen LogP contribution in [0.2, 0.25) is 0 Å². The predicted octanol–water partition coefficient (Wildman–Crippen LogP) is 1.38. The molecule has 3 rings (SSSR count). The largest absolute Gasteiger partial charge is 0.428 e. The lowest BCUT2D eigenvalue weighted by Gasteiger charge is -2.37. The van der Waals surface area contributed by atoms with Crippen LogP contribution in [0.3, 0.4) is 0 Å². The highest BCUT2D eigenvalue weighted by atomic mass is 16.6. The molecule has 0 aromatic heterocycles. The molecule has 0 radical (unpaired) electrons. The number of hydrogen-bond acceptors (Lipinski definition) is 5. The van der Waals surface area contributed by atoms with E-state index in [0.29, 0.717) is 17.6 Å². The van der Waals surface area contributed by atoms with Crippen molar-refractivity contribution < 1.29 is 24.5 Å². The van der Waals surface area contributed by atoms with Crippen LogP contribution >= 0.6 is 0 Å². The van der Waals surface area contributed by atoms with E-state index < -0.39 is 24.0 Å². The van der Waals surface area contributed by atoms with Gasteiger partial charge in [0.1, 0.15) is 0 Å². The summed E-state index contributed by atoms with van der Waals surface area (Å²) in [5.41, 5.74) is 0.336. The number of fused-ring (bicyclic) bond motifs is 1. The SMILES string of the molecule is COC1(C)CC2=C(C(O)OC2=O)C(O)C2CC(C)(C)CC21. The molecule has 1 fully saturated rings. The van der Waals surface area contributed by atoms with Crippen LogP contribution in [0.1, 0.15) is 40.0 Å². The van der Waals surface area contributed by atoms with Crippen LogP contribution in [0.25, 0.3) is 0 Å². The molecule has 2 N–H and O–H groups in total. The number of rotatable bonds is 1. The molecule has 0 aromatic rings. The Morgan fingerprint density at radius 2 is 1.90 bits per heavy atom. The van der Waals surface area contributed by atoms with Crippen LogP contribution in [0.5, 0.6) is 0 Å². The fraction of sp³-hybridized carbons (Fsp3) is 0.812. The first kappa shape index (κ1) is 15.0. The maximum Gasteiger partial charge on any atom is 0.336 e. The lowest BCUT2D eigenvalue weighted by atomic mass is 9.77. The van der Waals surface area contributed by atoms with Crippen LogP contribution in [-0.4, -0.2) is 41.3 Å². The fourth-order valence-electron chi connectivity index (χ4n) is 4.55. The molecule has 118 valence electrons. The molecule has 5 atom stereocenters. The molecule has 21 heavy (non-hydrogen) atoms. The zero-order valence-electron chi connectivity index (χ0n) is 13.0. The van der Waals surface area contributed by atoms with Gasteiger partial charge in [-0.25, -0.2) is 4.79 Å². The van der Waals surface area contributed by atoms with Gasteiger partial charge in [-0.05, 0) is 37.0 Å². The van der Waals surface area contributed by atoms with Gasteiger partial charge in [0.2, 0.25) is 6.29 Å². The van der Waals surface area contributed by atoms with E-state index in [2.05, 4.69) is 13.8 Å². The molecule has 0 bridgehead atoms. The lowest BCUT2D eigenvalue weighted by Crippen LogP contribution is -2.41. The van der Waals surface area contributed by atoms with E-state index >= 15 is 0 Å². The molecule has 0 aromatic carbocycles. The number of aliphatic hydroxyl groups is 2. The van der Waals surface area contributed by atoms with E-state index in [1.807, 2.05) is 6.92 Å². The predicted molar refractivity (Wildman–Crippen MR) is 75.2 cm³/mol. The third kappa shape index (κ3) is 2.14. The van der Waals surface area contributed by atoms with Crippen LogP contribution in [0.4, 0.5) is 0 Å².